The number of nitrogens with zero attached hydrogens (tertiary/aromatic N) is 2. The van der Waals surface area contributed by atoms with Gasteiger partial charge in [-0.1, -0.05) is 39.1 Å². The van der Waals surface area contributed by atoms with Crippen LogP contribution in [0.1, 0.15) is 17.3 Å². The van der Waals surface area contributed by atoms with Crippen molar-refractivity contribution in [3.8, 4) is 0 Å². The summed E-state index contributed by atoms with van der Waals surface area (Å²) in [6.07, 6.45) is 5.07. The second-order valence-electron chi connectivity index (χ2n) is 4.70. The molecule has 0 radical (unpaired) electrons. The van der Waals surface area contributed by atoms with Gasteiger partial charge in [0.15, 0.2) is 11.4 Å². The topological polar surface area (TPSA) is 46.4 Å². The zero-order valence-corrected chi connectivity index (χ0v) is 14.5. The third-order valence-corrected chi connectivity index (χ3v) is 4.36. The van der Waals surface area contributed by atoms with Gasteiger partial charge in [0.05, 0.1) is 22.0 Å². The fourth-order valence-corrected chi connectivity index (χ4v) is 3.15. The predicted octanol–water partition coefficient (Wildman–Crippen LogP) is 5.35. The lowest BCUT2D eigenvalue weighted by Gasteiger charge is -2.14. The standard InChI is InChI=1S/C15H10BrCl2N3O/c1-8(22)10-7-21-5-4-19-15(21)13(18)14(10)20-12-3-2-9(16)6-11(12)17/h2-7,20H,1H3. The summed E-state index contributed by atoms with van der Waals surface area (Å²) in [6.45, 7) is 1.49. The molecule has 0 aliphatic carbocycles. The van der Waals surface area contributed by atoms with Crippen LogP contribution in [0.5, 0.6) is 0 Å². The van der Waals surface area contributed by atoms with Crippen LogP contribution < -0.4 is 5.32 Å². The Balaban J connectivity index is 2.18. The Labute approximate surface area is 145 Å². The molecule has 0 aliphatic rings. The predicted molar refractivity (Wildman–Crippen MR) is 92.6 cm³/mol. The van der Waals surface area contributed by atoms with Gasteiger partial charge < -0.3 is 9.72 Å². The number of rotatable bonds is 3. The highest BCUT2D eigenvalue weighted by Crippen LogP contribution is 2.35. The molecule has 0 unspecified atom stereocenters. The first kappa shape index (κ1) is 15.3. The van der Waals surface area contributed by atoms with Crippen LogP contribution in [0.15, 0.2) is 41.3 Å². The molecule has 0 atom stereocenters. The van der Waals surface area contributed by atoms with Gasteiger partial charge in [0.1, 0.15) is 5.02 Å². The van der Waals surface area contributed by atoms with E-state index in [0.717, 1.165) is 4.47 Å². The number of pyridine rings is 1. The van der Waals surface area contributed by atoms with E-state index in [0.29, 0.717) is 32.6 Å². The van der Waals surface area contributed by atoms with Crippen LogP contribution >= 0.6 is 39.1 Å². The molecule has 3 aromatic rings. The molecule has 0 spiro atoms. The van der Waals surface area contributed by atoms with Crippen molar-refractivity contribution in [1.82, 2.24) is 9.38 Å². The van der Waals surface area contributed by atoms with Crippen LogP contribution in [0.3, 0.4) is 0 Å². The number of carbonyl (C=O) groups is 1. The lowest BCUT2D eigenvalue weighted by atomic mass is 10.1. The monoisotopic (exact) mass is 397 g/mol. The van der Waals surface area contributed by atoms with E-state index in [1.54, 1.807) is 29.1 Å². The maximum Gasteiger partial charge on any atom is 0.163 e. The van der Waals surface area contributed by atoms with Gasteiger partial charge in [-0.25, -0.2) is 4.98 Å². The van der Waals surface area contributed by atoms with Crippen molar-refractivity contribution in [2.75, 3.05) is 5.32 Å². The summed E-state index contributed by atoms with van der Waals surface area (Å²) in [6, 6.07) is 5.42. The van der Waals surface area contributed by atoms with Gasteiger partial charge in [-0.15, -0.1) is 0 Å². The van der Waals surface area contributed by atoms with Crippen molar-refractivity contribution >= 4 is 61.9 Å². The molecule has 0 bridgehead atoms. The lowest BCUT2D eigenvalue weighted by Crippen LogP contribution is -2.04. The molecular formula is C15H10BrCl2N3O. The maximum absolute atomic E-state index is 11.9. The Kier molecular flexibility index (Phi) is 4.12. The number of hydrogen-bond donors (Lipinski definition) is 1. The number of halogens is 3. The Morgan fingerprint density at radius 3 is 2.82 bits per heavy atom. The van der Waals surface area contributed by atoms with E-state index in [9.17, 15) is 4.79 Å². The highest BCUT2D eigenvalue weighted by molar-refractivity contribution is 9.10. The number of Topliss-reactive ketones (excluding diaryl/α,β-unsaturated/α-hetero) is 1. The van der Waals surface area contributed by atoms with Gasteiger partial charge in [0.2, 0.25) is 0 Å². The van der Waals surface area contributed by atoms with Crippen molar-refractivity contribution in [2.45, 2.75) is 6.92 Å². The van der Waals surface area contributed by atoms with Crippen LogP contribution in [0.4, 0.5) is 11.4 Å². The average molecular weight is 399 g/mol. The molecule has 2 heterocycles. The zero-order valence-electron chi connectivity index (χ0n) is 11.4. The third-order valence-electron chi connectivity index (χ3n) is 3.19. The van der Waals surface area contributed by atoms with Gasteiger partial charge in [-0.2, -0.15) is 0 Å². The van der Waals surface area contributed by atoms with E-state index in [1.165, 1.54) is 6.92 Å². The summed E-state index contributed by atoms with van der Waals surface area (Å²) in [5.41, 5.74) is 2.19. The van der Waals surface area contributed by atoms with Gasteiger partial charge >= 0.3 is 0 Å². The fraction of sp³-hybridized carbons (Fsp3) is 0.0667. The molecule has 0 saturated carbocycles. The molecule has 0 amide bonds. The van der Waals surface area contributed by atoms with Crippen LogP contribution in [-0.2, 0) is 0 Å². The number of aromatic nitrogens is 2. The van der Waals surface area contributed by atoms with E-state index in [-0.39, 0.29) is 5.78 Å². The molecule has 0 aliphatic heterocycles. The Morgan fingerprint density at radius 2 is 2.14 bits per heavy atom. The van der Waals surface area contributed by atoms with Crippen molar-refractivity contribution in [1.29, 1.82) is 0 Å². The molecule has 1 N–H and O–H groups in total. The van der Waals surface area contributed by atoms with Crippen molar-refractivity contribution in [3.05, 3.63) is 56.9 Å². The molecule has 4 nitrogen and oxygen atoms in total. The Hall–Kier alpha value is -1.56. The largest absolute Gasteiger partial charge is 0.352 e. The van der Waals surface area contributed by atoms with E-state index in [2.05, 4.69) is 26.2 Å². The SMILES string of the molecule is CC(=O)c1cn2ccnc2c(Cl)c1Nc1ccc(Br)cc1Cl. The first-order chi connectivity index (χ1) is 10.5. The highest BCUT2D eigenvalue weighted by Gasteiger charge is 2.17. The summed E-state index contributed by atoms with van der Waals surface area (Å²) in [7, 11) is 0. The van der Waals surface area contributed by atoms with Gasteiger partial charge in [0, 0.05) is 23.1 Å². The number of hydrogen-bond acceptors (Lipinski definition) is 3. The summed E-state index contributed by atoms with van der Waals surface area (Å²) in [5, 5.41) is 4.03. The van der Waals surface area contributed by atoms with E-state index >= 15 is 0 Å². The quantitative estimate of drug-likeness (QED) is 0.605. The molecule has 1 aromatic carbocycles. The summed E-state index contributed by atoms with van der Waals surface area (Å²) >= 11 is 16.0. The lowest BCUT2D eigenvalue weighted by molar-refractivity contribution is 0.101. The maximum atomic E-state index is 11.9. The Bertz CT molecular complexity index is 892. The summed E-state index contributed by atoms with van der Waals surface area (Å²) in [4.78, 5) is 16.1. The first-order valence-corrected chi connectivity index (χ1v) is 7.90. The summed E-state index contributed by atoms with van der Waals surface area (Å²) in [5.74, 6) is -0.103. The van der Waals surface area contributed by atoms with Crippen LogP contribution in [0, 0.1) is 0 Å². The van der Waals surface area contributed by atoms with Crippen LogP contribution in [0.2, 0.25) is 10.0 Å². The number of carbonyl (C=O) groups excluding carboxylic acids is 1. The molecule has 7 heteroatoms. The van der Waals surface area contributed by atoms with Crippen molar-refractivity contribution < 1.29 is 4.79 Å². The van der Waals surface area contributed by atoms with Gasteiger partial charge in [0.25, 0.3) is 0 Å². The molecule has 22 heavy (non-hydrogen) atoms. The first-order valence-electron chi connectivity index (χ1n) is 6.35. The molecular weight excluding hydrogens is 389 g/mol. The minimum Gasteiger partial charge on any atom is -0.352 e. The fourth-order valence-electron chi connectivity index (χ4n) is 2.14. The smallest absolute Gasteiger partial charge is 0.163 e. The number of benzene rings is 1. The molecule has 2 aromatic heterocycles. The second-order valence-corrected chi connectivity index (χ2v) is 6.40. The van der Waals surface area contributed by atoms with Crippen molar-refractivity contribution in [3.63, 3.8) is 0 Å². The molecule has 3 rings (SSSR count). The second kappa shape index (κ2) is 5.91. The molecule has 112 valence electrons. The Morgan fingerprint density at radius 1 is 1.36 bits per heavy atom. The third kappa shape index (κ3) is 2.72. The number of ketones is 1. The minimum absolute atomic E-state index is 0.103. The van der Waals surface area contributed by atoms with E-state index in [1.807, 2.05) is 12.1 Å². The molecule has 0 saturated heterocycles. The van der Waals surface area contributed by atoms with Gasteiger partial charge in [-0.05, 0) is 25.1 Å². The number of imidazole rings is 1. The van der Waals surface area contributed by atoms with Crippen molar-refractivity contribution in [2.24, 2.45) is 0 Å². The van der Waals surface area contributed by atoms with E-state index < -0.39 is 0 Å². The number of nitrogens with one attached hydrogen (secondary N) is 1. The van der Waals surface area contributed by atoms with Crippen LogP contribution in [0.25, 0.3) is 5.65 Å². The van der Waals surface area contributed by atoms with E-state index in [4.69, 9.17) is 23.2 Å². The van der Waals surface area contributed by atoms with Gasteiger partial charge in [-0.3, -0.25) is 4.79 Å². The summed E-state index contributed by atoms with van der Waals surface area (Å²) < 4.78 is 2.58. The normalized spacial score (nSPS) is 10.9. The molecule has 0 fully saturated rings. The number of anilines is 2. The number of fused-ring (bicyclic) bond motifs is 1. The minimum atomic E-state index is -0.103. The zero-order chi connectivity index (χ0) is 15.9. The highest BCUT2D eigenvalue weighted by atomic mass is 79.9. The average Bonchev–Trinajstić information content (AvgIpc) is 2.92. The van der Waals surface area contributed by atoms with Crippen LogP contribution in [-0.4, -0.2) is 15.2 Å².